The predicted octanol–water partition coefficient (Wildman–Crippen LogP) is 1.74. The third kappa shape index (κ3) is 5.48. The number of benzene rings is 2. The number of carbonyl (C=O) groups excluding carboxylic acids is 2. The first-order valence-corrected chi connectivity index (χ1v) is 9.62. The fourth-order valence-corrected chi connectivity index (χ4v) is 3.24. The van der Waals surface area contributed by atoms with Gasteiger partial charge in [0.1, 0.15) is 6.61 Å². The van der Waals surface area contributed by atoms with Crippen molar-refractivity contribution in [2.24, 2.45) is 0 Å². The number of aliphatic hydroxyl groups excluding tert-OH is 1. The van der Waals surface area contributed by atoms with Gasteiger partial charge in [0.25, 0.3) is 5.91 Å². The second-order valence-electron chi connectivity index (χ2n) is 7.12. The van der Waals surface area contributed by atoms with Crippen molar-refractivity contribution in [3.8, 4) is 11.5 Å². The average Bonchev–Trinajstić information content (AvgIpc) is 2.73. The summed E-state index contributed by atoms with van der Waals surface area (Å²) in [7, 11) is 0. The number of nitrogens with one attached hydrogen (secondary N) is 2. The molecular weight excluding hydrogens is 372 g/mol. The molecule has 2 aromatic rings. The molecule has 2 amide bonds. The van der Waals surface area contributed by atoms with Gasteiger partial charge in [-0.1, -0.05) is 36.4 Å². The van der Waals surface area contributed by atoms with E-state index in [0.717, 1.165) is 11.1 Å². The average molecular weight is 398 g/mol. The van der Waals surface area contributed by atoms with Crippen molar-refractivity contribution < 1.29 is 24.2 Å². The van der Waals surface area contributed by atoms with Crippen LogP contribution >= 0.6 is 0 Å². The Labute approximate surface area is 170 Å². The van der Waals surface area contributed by atoms with Gasteiger partial charge in [-0.3, -0.25) is 9.59 Å². The van der Waals surface area contributed by atoms with Gasteiger partial charge < -0.3 is 25.2 Å². The Morgan fingerprint density at radius 2 is 1.90 bits per heavy atom. The quantitative estimate of drug-likeness (QED) is 0.660. The summed E-state index contributed by atoms with van der Waals surface area (Å²) in [5.41, 5.74) is 1.90. The van der Waals surface area contributed by atoms with Crippen molar-refractivity contribution in [3.05, 3.63) is 59.7 Å². The van der Waals surface area contributed by atoms with E-state index in [-0.39, 0.29) is 37.1 Å². The molecule has 29 heavy (non-hydrogen) atoms. The first-order valence-electron chi connectivity index (χ1n) is 9.62. The first-order chi connectivity index (χ1) is 14.0. The molecule has 1 aliphatic heterocycles. The van der Waals surface area contributed by atoms with Crippen molar-refractivity contribution >= 4 is 11.8 Å². The lowest BCUT2D eigenvalue weighted by molar-refractivity contribution is -0.131. The standard InChI is InChI=1S/C22H26N2O5/c1-14(17-6-4-3-5-7-17)23-22(27)21-13-28-20-11-16(8-9-19(20)29-21)10-18(12-25)24-15(2)26/h3-9,11,14,18,21,25H,10,12-13H2,1-2H3,(H,23,27)(H,24,26)/t14-,18-,21+/m0/s1. The molecule has 0 spiro atoms. The van der Waals surface area contributed by atoms with E-state index >= 15 is 0 Å². The molecule has 0 bridgehead atoms. The third-order valence-corrected chi connectivity index (χ3v) is 4.73. The molecule has 3 rings (SSSR count). The summed E-state index contributed by atoms with van der Waals surface area (Å²) >= 11 is 0. The number of amides is 2. The fraction of sp³-hybridized carbons (Fsp3) is 0.364. The maximum Gasteiger partial charge on any atom is 0.265 e. The summed E-state index contributed by atoms with van der Waals surface area (Å²) in [6, 6.07) is 14.6. The summed E-state index contributed by atoms with van der Waals surface area (Å²) in [5, 5.41) is 15.1. The van der Waals surface area contributed by atoms with E-state index in [2.05, 4.69) is 10.6 Å². The Balaban J connectivity index is 1.61. The molecule has 2 aromatic carbocycles. The topological polar surface area (TPSA) is 96.9 Å². The Kier molecular flexibility index (Phi) is 6.72. The molecule has 0 saturated heterocycles. The van der Waals surface area contributed by atoms with Crippen LogP contribution in [0.1, 0.15) is 31.0 Å². The smallest absolute Gasteiger partial charge is 0.265 e. The highest BCUT2D eigenvalue weighted by Gasteiger charge is 2.28. The van der Waals surface area contributed by atoms with Crippen LogP contribution in [0.4, 0.5) is 0 Å². The lowest BCUT2D eigenvalue weighted by atomic mass is 10.1. The number of aliphatic hydroxyl groups is 1. The zero-order valence-electron chi connectivity index (χ0n) is 16.6. The summed E-state index contributed by atoms with van der Waals surface area (Å²) in [6.45, 7) is 3.29. The highest BCUT2D eigenvalue weighted by molar-refractivity contribution is 5.82. The van der Waals surface area contributed by atoms with Crippen LogP contribution in [0.2, 0.25) is 0 Å². The molecule has 7 heteroatoms. The van der Waals surface area contributed by atoms with Crippen LogP contribution in [0.5, 0.6) is 11.5 Å². The van der Waals surface area contributed by atoms with Gasteiger partial charge in [0.15, 0.2) is 11.5 Å². The van der Waals surface area contributed by atoms with E-state index in [9.17, 15) is 14.7 Å². The van der Waals surface area contributed by atoms with Gasteiger partial charge in [-0.05, 0) is 36.6 Å². The molecule has 7 nitrogen and oxygen atoms in total. The summed E-state index contributed by atoms with van der Waals surface area (Å²) in [4.78, 5) is 23.8. The second-order valence-corrected chi connectivity index (χ2v) is 7.12. The van der Waals surface area contributed by atoms with E-state index in [1.165, 1.54) is 6.92 Å². The van der Waals surface area contributed by atoms with Crippen LogP contribution in [0.3, 0.4) is 0 Å². The van der Waals surface area contributed by atoms with Crippen molar-refractivity contribution in [2.75, 3.05) is 13.2 Å². The zero-order valence-corrected chi connectivity index (χ0v) is 16.6. The lowest BCUT2D eigenvalue weighted by Gasteiger charge is -2.27. The second kappa shape index (κ2) is 9.43. The number of hydrogen-bond donors (Lipinski definition) is 3. The molecule has 1 aliphatic rings. The van der Waals surface area contributed by atoms with Gasteiger partial charge in [-0.2, -0.15) is 0 Å². The fourth-order valence-electron chi connectivity index (χ4n) is 3.24. The van der Waals surface area contributed by atoms with Gasteiger partial charge >= 0.3 is 0 Å². The Bertz CT molecular complexity index is 856. The van der Waals surface area contributed by atoms with E-state index in [1.54, 1.807) is 12.1 Å². The highest BCUT2D eigenvalue weighted by Crippen LogP contribution is 2.33. The normalized spacial score (nSPS) is 17.1. The molecule has 1 heterocycles. The number of rotatable bonds is 7. The van der Waals surface area contributed by atoms with E-state index in [0.29, 0.717) is 17.9 Å². The third-order valence-electron chi connectivity index (χ3n) is 4.73. The highest BCUT2D eigenvalue weighted by atomic mass is 16.6. The minimum atomic E-state index is -0.732. The lowest BCUT2D eigenvalue weighted by Crippen LogP contribution is -2.44. The molecule has 0 fully saturated rings. The SMILES string of the molecule is CC(=O)N[C@H](CO)Cc1ccc2c(c1)OC[C@H](C(=O)N[C@@H](C)c1ccccc1)O2. The molecule has 0 aromatic heterocycles. The Morgan fingerprint density at radius 3 is 2.59 bits per heavy atom. The molecule has 3 N–H and O–H groups in total. The molecule has 3 atom stereocenters. The van der Waals surface area contributed by atoms with E-state index in [4.69, 9.17) is 9.47 Å². The van der Waals surface area contributed by atoms with E-state index < -0.39 is 6.10 Å². The first kappa shape index (κ1) is 20.7. The van der Waals surface area contributed by atoms with Crippen LogP contribution < -0.4 is 20.1 Å². The summed E-state index contributed by atoms with van der Waals surface area (Å²) in [5.74, 6) is 0.608. The van der Waals surface area contributed by atoms with Crippen molar-refractivity contribution in [3.63, 3.8) is 0 Å². The minimum absolute atomic E-state index is 0.110. The molecule has 0 aliphatic carbocycles. The number of ether oxygens (including phenoxy) is 2. The minimum Gasteiger partial charge on any atom is -0.485 e. The molecule has 154 valence electrons. The maximum absolute atomic E-state index is 12.6. The largest absolute Gasteiger partial charge is 0.485 e. The Hall–Kier alpha value is -3.06. The summed E-state index contributed by atoms with van der Waals surface area (Å²) in [6.07, 6.45) is -0.269. The Morgan fingerprint density at radius 1 is 1.14 bits per heavy atom. The van der Waals surface area contributed by atoms with Gasteiger partial charge in [0.2, 0.25) is 12.0 Å². The van der Waals surface area contributed by atoms with Crippen LogP contribution in [-0.4, -0.2) is 42.3 Å². The molecule has 0 unspecified atom stereocenters. The van der Waals surface area contributed by atoms with Crippen LogP contribution in [-0.2, 0) is 16.0 Å². The van der Waals surface area contributed by atoms with E-state index in [1.807, 2.05) is 43.3 Å². The maximum atomic E-state index is 12.6. The van der Waals surface area contributed by atoms with Gasteiger partial charge in [0, 0.05) is 6.92 Å². The van der Waals surface area contributed by atoms with Crippen LogP contribution in [0, 0.1) is 0 Å². The molecule has 0 radical (unpaired) electrons. The van der Waals surface area contributed by atoms with Crippen LogP contribution in [0.25, 0.3) is 0 Å². The zero-order chi connectivity index (χ0) is 20.8. The predicted molar refractivity (Wildman–Crippen MR) is 108 cm³/mol. The van der Waals surface area contributed by atoms with Gasteiger partial charge in [0.05, 0.1) is 18.7 Å². The molecular formula is C22H26N2O5. The number of hydrogen-bond acceptors (Lipinski definition) is 5. The number of carbonyl (C=O) groups is 2. The van der Waals surface area contributed by atoms with Crippen LogP contribution in [0.15, 0.2) is 48.5 Å². The van der Waals surface area contributed by atoms with Gasteiger partial charge in [-0.25, -0.2) is 0 Å². The monoisotopic (exact) mass is 398 g/mol. The van der Waals surface area contributed by atoms with Crippen molar-refractivity contribution in [2.45, 2.75) is 38.5 Å². The summed E-state index contributed by atoms with van der Waals surface area (Å²) < 4.78 is 11.6. The van der Waals surface area contributed by atoms with Crippen molar-refractivity contribution in [1.82, 2.24) is 10.6 Å². The number of fused-ring (bicyclic) bond motifs is 1. The van der Waals surface area contributed by atoms with Gasteiger partial charge in [-0.15, -0.1) is 0 Å². The molecule has 0 saturated carbocycles. The van der Waals surface area contributed by atoms with Crippen molar-refractivity contribution in [1.29, 1.82) is 0 Å².